The number of rotatable bonds is 5. The van der Waals surface area contributed by atoms with E-state index in [2.05, 4.69) is 27.5 Å². The number of likely N-dealkylation sites (tertiary alicyclic amines) is 1. The zero-order valence-electron chi connectivity index (χ0n) is 13.6. The van der Waals surface area contributed by atoms with E-state index >= 15 is 0 Å². The lowest BCUT2D eigenvalue weighted by Gasteiger charge is -2.15. The zero-order chi connectivity index (χ0) is 16.2. The minimum absolute atomic E-state index is 0. The first-order valence-corrected chi connectivity index (χ1v) is 7.88. The second-order valence-electron chi connectivity index (χ2n) is 6.06. The maximum Gasteiger partial charge on any atom is 0.226 e. The summed E-state index contributed by atoms with van der Waals surface area (Å²) in [6.45, 7) is 4.19. The Morgan fingerprint density at radius 2 is 2.12 bits per heavy atom. The number of benzene rings is 1. The maximum atomic E-state index is 12.0. The standard InChI is InChI=1S/C17H22N4O2.ClH/c1-12-9-16(20-23-12)19-17(22)7-8-21-10-14(15(18)11-21)13-5-3-2-4-6-13;/h2-6,9,14-15H,7-8,10-11,18H2,1H3,(H,19,20,22);1H/t14-,15+;/m0./s1. The predicted octanol–water partition coefficient (Wildman–Crippen LogP) is 2.16. The van der Waals surface area contributed by atoms with Crippen LogP contribution in [0.25, 0.3) is 0 Å². The van der Waals surface area contributed by atoms with Crippen molar-refractivity contribution in [3.05, 3.63) is 47.7 Å². The Labute approximate surface area is 147 Å². The van der Waals surface area contributed by atoms with E-state index in [1.54, 1.807) is 13.0 Å². The van der Waals surface area contributed by atoms with Crippen molar-refractivity contribution in [3.8, 4) is 0 Å². The number of anilines is 1. The van der Waals surface area contributed by atoms with Crippen LogP contribution < -0.4 is 11.1 Å². The first-order chi connectivity index (χ1) is 11.1. The molecular formula is C17H23ClN4O2. The van der Waals surface area contributed by atoms with Crippen molar-refractivity contribution in [1.29, 1.82) is 0 Å². The molecule has 2 aromatic rings. The molecule has 6 nitrogen and oxygen atoms in total. The van der Waals surface area contributed by atoms with Crippen LogP contribution in [0.3, 0.4) is 0 Å². The highest BCUT2D eigenvalue weighted by Gasteiger charge is 2.31. The van der Waals surface area contributed by atoms with Gasteiger partial charge in [-0.25, -0.2) is 0 Å². The first-order valence-electron chi connectivity index (χ1n) is 7.88. The molecule has 2 heterocycles. The summed E-state index contributed by atoms with van der Waals surface area (Å²) in [5.74, 6) is 1.41. The third-order valence-electron chi connectivity index (χ3n) is 4.22. The highest BCUT2D eigenvalue weighted by molar-refractivity contribution is 5.89. The molecule has 1 amide bonds. The van der Waals surface area contributed by atoms with Crippen LogP contribution in [0.4, 0.5) is 5.82 Å². The van der Waals surface area contributed by atoms with Crippen LogP contribution in [-0.2, 0) is 4.79 Å². The summed E-state index contributed by atoms with van der Waals surface area (Å²) in [5.41, 5.74) is 7.54. The van der Waals surface area contributed by atoms with Crippen LogP contribution in [0.5, 0.6) is 0 Å². The molecule has 3 N–H and O–H groups in total. The zero-order valence-corrected chi connectivity index (χ0v) is 14.5. The average Bonchev–Trinajstić information content (AvgIpc) is 3.12. The minimum atomic E-state index is -0.0602. The van der Waals surface area contributed by atoms with Crippen LogP contribution in [0.15, 0.2) is 40.9 Å². The third-order valence-corrected chi connectivity index (χ3v) is 4.22. The fraction of sp³-hybridized carbons (Fsp3) is 0.412. The number of nitrogens with zero attached hydrogens (tertiary/aromatic N) is 2. The number of carbonyl (C=O) groups excluding carboxylic acids is 1. The summed E-state index contributed by atoms with van der Waals surface area (Å²) in [6, 6.07) is 12.1. The fourth-order valence-corrected chi connectivity index (χ4v) is 3.04. The van der Waals surface area contributed by atoms with Crippen LogP contribution in [-0.4, -0.2) is 41.6 Å². The van der Waals surface area contributed by atoms with Crippen molar-refractivity contribution in [3.63, 3.8) is 0 Å². The monoisotopic (exact) mass is 350 g/mol. The number of aryl methyl sites for hydroxylation is 1. The first kappa shape index (κ1) is 18.4. The maximum absolute atomic E-state index is 12.0. The van der Waals surface area contributed by atoms with Crippen molar-refractivity contribution in [1.82, 2.24) is 10.1 Å². The van der Waals surface area contributed by atoms with E-state index in [1.165, 1.54) is 5.56 Å². The molecule has 7 heteroatoms. The summed E-state index contributed by atoms with van der Waals surface area (Å²) in [4.78, 5) is 14.2. The Morgan fingerprint density at radius 1 is 1.38 bits per heavy atom. The van der Waals surface area contributed by atoms with Crippen molar-refractivity contribution in [2.24, 2.45) is 5.73 Å². The molecule has 0 saturated carbocycles. The molecule has 0 aliphatic carbocycles. The second-order valence-corrected chi connectivity index (χ2v) is 6.06. The Kier molecular flexibility index (Phi) is 6.36. The molecule has 1 aliphatic heterocycles. The number of hydrogen-bond donors (Lipinski definition) is 2. The van der Waals surface area contributed by atoms with Crippen LogP contribution >= 0.6 is 12.4 Å². The molecule has 1 aromatic heterocycles. The molecule has 1 fully saturated rings. The molecular weight excluding hydrogens is 328 g/mol. The van der Waals surface area contributed by atoms with E-state index in [1.807, 2.05) is 18.2 Å². The van der Waals surface area contributed by atoms with Gasteiger partial charge in [0.2, 0.25) is 5.91 Å². The van der Waals surface area contributed by atoms with Gasteiger partial charge in [0.15, 0.2) is 5.82 Å². The summed E-state index contributed by atoms with van der Waals surface area (Å²) < 4.78 is 4.93. The normalized spacial score (nSPS) is 20.6. The van der Waals surface area contributed by atoms with Gasteiger partial charge in [0, 0.05) is 44.1 Å². The molecule has 3 rings (SSSR count). The van der Waals surface area contributed by atoms with E-state index in [0.29, 0.717) is 30.5 Å². The summed E-state index contributed by atoms with van der Waals surface area (Å²) in [7, 11) is 0. The van der Waals surface area contributed by atoms with Crippen LogP contribution in [0.1, 0.15) is 23.7 Å². The molecule has 2 atom stereocenters. The SMILES string of the molecule is Cc1cc(NC(=O)CCN2C[C@@H](N)[C@H](c3ccccc3)C2)no1.Cl. The Balaban J connectivity index is 0.00000208. The lowest BCUT2D eigenvalue weighted by Crippen LogP contribution is -2.30. The van der Waals surface area contributed by atoms with Gasteiger partial charge >= 0.3 is 0 Å². The number of halogens is 1. The van der Waals surface area contributed by atoms with Crippen molar-refractivity contribution in [2.75, 3.05) is 25.0 Å². The quantitative estimate of drug-likeness (QED) is 0.863. The van der Waals surface area contributed by atoms with Gasteiger partial charge in [0.05, 0.1) is 0 Å². The number of aromatic nitrogens is 1. The molecule has 0 bridgehead atoms. The molecule has 0 spiro atoms. The smallest absolute Gasteiger partial charge is 0.226 e. The van der Waals surface area contributed by atoms with Crippen molar-refractivity contribution >= 4 is 24.1 Å². The lowest BCUT2D eigenvalue weighted by atomic mass is 9.95. The highest BCUT2D eigenvalue weighted by atomic mass is 35.5. The Bertz CT molecular complexity index is 662. The average molecular weight is 351 g/mol. The van der Waals surface area contributed by atoms with Crippen molar-refractivity contribution in [2.45, 2.75) is 25.3 Å². The number of carbonyl (C=O) groups is 1. The number of nitrogens with one attached hydrogen (secondary N) is 1. The van der Waals surface area contributed by atoms with Crippen LogP contribution in [0.2, 0.25) is 0 Å². The molecule has 0 radical (unpaired) electrons. The second kappa shape index (κ2) is 8.28. The van der Waals surface area contributed by atoms with E-state index < -0.39 is 0 Å². The van der Waals surface area contributed by atoms with Gasteiger partial charge in [-0.3, -0.25) is 4.79 Å². The lowest BCUT2D eigenvalue weighted by molar-refractivity contribution is -0.116. The Morgan fingerprint density at radius 3 is 2.79 bits per heavy atom. The third kappa shape index (κ3) is 4.56. The highest BCUT2D eigenvalue weighted by Crippen LogP contribution is 2.26. The summed E-state index contributed by atoms with van der Waals surface area (Å²) in [5, 5.41) is 6.50. The number of hydrogen-bond acceptors (Lipinski definition) is 5. The van der Waals surface area contributed by atoms with E-state index in [0.717, 1.165) is 13.1 Å². The molecule has 1 aliphatic rings. The van der Waals surface area contributed by atoms with Gasteiger partial charge in [-0.05, 0) is 12.5 Å². The Hall–Kier alpha value is -1.89. The molecule has 24 heavy (non-hydrogen) atoms. The van der Waals surface area contributed by atoms with Gasteiger partial charge in [-0.2, -0.15) is 0 Å². The van der Waals surface area contributed by atoms with Crippen LogP contribution in [0, 0.1) is 6.92 Å². The summed E-state index contributed by atoms with van der Waals surface area (Å²) in [6.07, 6.45) is 0.417. The van der Waals surface area contributed by atoms with E-state index in [4.69, 9.17) is 10.3 Å². The predicted molar refractivity (Wildman–Crippen MR) is 95.3 cm³/mol. The fourth-order valence-electron chi connectivity index (χ4n) is 3.04. The topological polar surface area (TPSA) is 84.4 Å². The van der Waals surface area contributed by atoms with E-state index in [-0.39, 0.29) is 24.4 Å². The van der Waals surface area contributed by atoms with Gasteiger partial charge < -0.3 is 20.5 Å². The molecule has 130 valence electrons. The minimum Gasteiger partial charge on any atom is -0.360 e. The van der Waals surface area contributed by atoms with E-state index in [9.17, 15) is 4.79 Å². The van der Waals surface area contributed by atoms with Gasteiger partial charge in [0.25, 0.3) is 0 Å². The molecule has 1 aromatic carbocycles. The number of nitrogens with two attached hydrogens (primary N) is 1. The van der Waals surface area contributed by atoms with Gasteiger partial charge in [0.1, 0.15) is 5.76 Å². The molecule has 0 unspecified atom stereocenters. The number of amides is 1. The van der Waals surface area contributed by atoms with Crippen molar-refractivity contribution < 1.29 is 9.32 Å². The summed E-state index contributed by atoms with van der Waals surface area (Å²) >= 11 is 0. The van der Waals surface area contributed by atoms with Gasteiger partial charge in [-0.1, -0.05) is 35.5 Å². The molecule has 1 saturated heterocycles. The largest absolute Gasteiger partial charge is 0.360 e. The van der Waals surface area contributed by atoms with Gasteiger partial charge in [-0.15, -0.1) is 12.4 Å².